The number of rotatable bonds is 8. The summed E-state index contributed by atoms with van der Waals surface area (Å²) < 4.78 is 39.6. The number of morpholine rings is 1. The van der Waals surface area contributed by atoms with E-state index in [9.17, 15) is 14.3 Å². The van der Waals surface area contributed by atoms with Crippen molar-refractivity contribution in [2.75, 3.05) is 26.3 Å². The molecule has 0 saturated carbocycles. The Labute approximate surface area is 231 Å². The molecule has 1 fully saturated rings. The van der Waals surface area contributed by atoms with Crippen LogP contribution in [-0.4, -0.2) is 59.1 Å². The Kier molecular flexibility index (Phi) is 9.40. The zero-order valence-corrected chi connectivity index (χ0v) is 23.7. The fourth-order valence-electron chi connectivity index (χ4n) is 3.56. The molecule has 0 unspecified atom stereocenters. The second-order valence-electron chi connectivity index (χ2n) is 9.59. The van der Waals surface area contributed by atoms with Gasteiger partial charge in [0.1, 0.15) is 5.60 Å². The molecule has 38 heavy (non-hydrogen) atoms. The number of aliphatic hydroxyl groups excluding tert-OH is 1. The van der Waals surface area contributed by atoms with Crippen LogP contribution in [0.1, 0.15) is 26.3 Å². The summed E-state index contributed by atoms with van der Waals surface area (Å²) in [5, 5.41) is 9.19. The van der Waals surface area contributed by atoms with Gasteiger partial charge in [-0.3, -0.25) is 0 Å². The van der Waals surface area contributed by atoms with Crippen molar-refractivity contribution in [1.29, 1.82) is 0 Å². The molecule has 0 aliphatic carbocycles. The van der Waals surface area contributed by atoms with Gasteiger partial charge in [0.2, 0.25) is 0 Å². The molecule has 10 heteroatoms. The first-order valence-corrected chi connectivity index (χ1v) is 14.4. The number of amides is 1. The van der Waals surface area contributed by atoms with Gasteiger partial charge >= 0.3 is 190 Å². The van der Waals surface area contributed by atoms with Crippen molar-refractivity contribution >= 4 is 6.09 Å². The number of nitrogens with zero attached hydrogens (tertiary/aromatic N) is 2. The number of carbonyl (C=O) groups excluding carboxylic acids is 1. The predicted molar refractivity (Wildman–Crippen MR) is 134 cm³/mol. The van der Waals surface area contributed by atoms with E-state index in [-0.39, 0.29) is 37.1 Å². The summed E-state index contributed by atoms with van der Waals surface area (Å²) in [6.07, 6.45) is 0.832. The Morgan fingerprint density at radius 2 is 2.00 bits per heavy atom. The van der Waals surface area contributed by atoms with Gasteiger partial charge < -0.3 is 4.74 Å². The third kappa shape index (κ3) is 8.02. The van der Waals surface area contributed by atoms with Crippen LogP contribution in [0.5, 0.6) is 17.4 Å². The standard InChI is InChI=1S/C28H31FIN2O6/c1-28(2,3)38-27(34)32-13-14-35-22(16-32)18-36-25-5-4-12-31-26(25)37-21-10-11-24(23(29)15-21)30-20-8-6-19(17-33)7-9-20/h4-12,15,22,33H,13-14,16-18H2,1-3H3/q-1/t22-/m0/s1. The van der Waals surface area contributed by atoms with Crippen molar-refractivity contribution in [2.45, 2.75) is 39.1 Å². The van der Waals surface area contributed by atoms with Crippen LogP contribution in [0.4, 0.5) is 9.18 Å². The van der Waals surface area contributed by atoms with Crippen LogP contribution in [0.3, 0.4) is 0 Å². The summed E-state index contributed by atoms with van der Waals surface area (Å²) in [5.41, 5.74) is 0.250. The molecule has 1 N–H and O–H groups in total. The van der Waals surface area contributed by atoms with E-state index in [4.69, 9.17) is 18.9 Å². The molecule has 8 nitrogen and oxygen atoms in total. The van der Waals surface area contributed by atoms with Gasteiger partial charge in [-0.25, -0.2) is 4.79 Å². The molecule has 0 spiro atoms. The maximum atomic E-state index is 14.9. The molecule has 1 aliphatic rings. The van der Waals surface area contributed by atoms with Crippen LogP contribution in [0.2, 0.25) is 0 Å². The first kappa shape index (κ1) is 28.1. The quantitative estimate of drug-likeness (QED) is 0.376. The molecule has 0 radical (unpaired) electrons. The summed E-state index contributed by atoms with van der Waals surface area (Å²) in [6.45, 7) is 6.80. The first-order valence-electron chi connectivity index (χ1n) is 12.2. The molecule has 2 heterocycles. The van der Waals surface area contributed by atoms with E-state index in [1.807, 2.05) is 45.0 Å². The minimum atomic E-state index is -0.725. The summed E-state index contributed by atoms with van der Waals surface area (Å²) in [5.74, 6) is 0.539. The Hall–Kier alpha value is -2.96. The van der Waals surface area contributed by atoms with Crippen LogP contribution in [0, 0.1) is 13.0 Å². The second kappa shape index (κ2) is 12.7. The fourth-order valence-corrected chi connectivity index (χ4v) is 5.72. The molecule has 1 amide bonds. The number of pyridine rings is 1. The third-order valence-corrected chi connectivity index (χ3v) is 8.16. The van der Waals surface area contributed by atoms with E-state index >= 15 is 0 Å². The Bertz CT molecular complexity index is 1230. The predicted octanol–water partition coefficient (Wildman–Crippen LogP) is 1.65. The monoisotopic (exact) mass is 637 g/mol. The third-order valence-electron chi connectivity index (χ3n) is 5.36. The van der Waals surface area contributed by atoms with Crippen molar-refractivity contribution in [3.05, 3.63) is 79.3 Å². The Balaban J connectivity index is 1.36. The van der Waals surface area contributed by atoms with E-state index in [0.717, 1.165) is 9.13 Å². The number of ether oxygens (including phenoxy) is 4. The second-order valence-corrected chi connectivity index (χ2v) is 12.5. The van der Waals surface area contributed by atoms with E-state index < -0.39 is 26.8 Å². The number of hydrogen-bond acceptors (Lipinski definition) is 7. The molecule has 2 aromatic carbocycles. The minimum absolute atomic E-state index is 0.0174. The van der Waals surface area contributed by atoms with Crippen molar-refractivity contribution < 1.29 is 54.4 Å². The molecule has 1 aromatic heterocycles. The number of aromatic nitrogens is 1. The molecule has 1 aliphatic heterocycles. The van der Waals surface area contributed by atoms with E-state index in [1.165, 1.54) is 6.07 Å². The van der Waals surface area contributed by atoms with Crippen molar-refractivity contribution in [1.82, 2.24) is 9.88 Å². The molecule has 1 saturated heterocycles. The van der Waals surface area contributed by atoms with Crippen LogP contribution in [0.25, 0.3) is 0 Å². The summed E-state index contributed by atoms with van der Waals surface area (Å²) >= 11 is -0.725. The molecular weight excluding hydrogens is 606 g/mol. The van der Waals surface area contributed by atoms with Gasteiger partial charge in [-0.2, -0.15) is 0 Å². The first-order chi connectivity index (χ1) is 18.2. The van der Waals surface area contributed by atoms with Crippen LogP contribution in [0.15, 0.2) is 60.8 Å². The van der Waals surface area contributed by atoms with Crippen molar-refractivity contribution in [2.24, 2.45) is 0 Å². The van der Waals surface area contributed by atoms with Gasteiger partial charge in [-0.1, -0.05) is 0 Å². The number of aliphatic hydroxyl groups is 1. The van der Waals surface area contributed by atoms with E-state index in [2.05, 4.69) is 4.98 Å². The van der Waals surface area contributed by atoms with Crippen LogP contribution < -0.4 is 30.7 Å². The van der Waals surface area contributed by atoms with Gasteiger partial charge in [0.05, 0.1) is 0 Å². The molecule has 1 atom stereocenters. The zero-order valence-electron chi connectivity index (χ0n) is 21.5. The van der Waals surface area contributed by atoms with Crippen molar-refractivity contribution in [3.63, 3.8) is 0 Å². The van der Waals surface area contributed by atoms with Gasteiger partial charge in [-0.05, 0) is 20.8 Å². The summed E-state index contributed by atoms with van der Waals surface area (Å²) in [7, 11) is 0. The number of halogens is 2. The summed E-state index contributed by atoms with van der Waals surface area (Å²) in [6, 6.07) is 15.7. The maximum absolute atomic E-state index is 14.9. The van der Waals surface area contributed by atoms with Gasteiger partial charge in [0.25, 0.3) is 0 Å². The average molecular weight is 637 g/mol. The normalized spacial score (nSPS) is 15.8. The Morgan fingerprint density at radius 1 is 1.21 bits per heavy atom. The van der Waals surface area contributed by atoms with Gasteiger partial charge in [0.15, 0.2) is 0 Å². The van der Waals surface area contributed by atoms with Crippen LogP contribution >= 0.6 is 0 Å². The molecule has 4 rings (SSSR count). The van der Waals surface area contributed by atoms with E-state index in [0.29, 0.717) is 34.8 Å². The SMILES string of the molecule is CC(C)(C)OC(=O)N1CCO[C@H](COc2cccnc2Oc2ccc([I-]c3ccc(CO)cc3)c(F)c2)C1. The molecule has 204 valence electrons. The molecular formula is C28H31FIN2O6-. The fraction of sp³-hybridized carbons (Fsp3) is 0.357. The topological polar surface area (TPSA) is 90.4 Å². The zero-order chi connectivity index (χ0) is 27.1. The van der Waals surface area contributed by atoms with Crippen molar-refractivity contribution in [3.8, 4) is 17.4 Å². The number of benzene rings is 2. The number of carbonyl (C=O) groups is 1. The molecule has 3 aromatic rings. The van der Waals surface area contributed by atoms with Gasteiger partial charge in [-0.15, -0.1) is 0 Å². The van der Waals surface area contributed by atoms with Crippen LogP contribution in [-0.2, 0) is 16.1 Å². The Morgan fingerprint density at radius 3 is 2.71 bits per heavy atom. The average Bonchev–Trinajstić information content (AvgIpc) is 2.89. The number of hydrogen-bond donors (Lipinski definition) is 1. The molecule has 0 bridgehead atoms. The van der Waals surface area contributed by atoms with E-state index in [1.54, 1.807) is 35.4 Å². The van der Waals surface area contributed by atoms with Gasteiger partial charge in [0, 0.05) is 6.54 Å². The summed E-state index contributed by atoms with van der Waals surface area (Å²) in [4.78, 5) is 18.3.